The molecule has 0 amide bonds. The van der Waals surface area contributed by atoms with Gasteiger partial charge in [-0.15, -0.1) is 11.3 Å². The van der Waals surface area contributed by atoms with Crippen molar-refractivity contribution in [2.75, 3.05) is 13.1 Å². The fraction of sp³-hybridized carbons (Fsp3) is 0.333. The highest BCUT2D eigenvalue weighted by Crippen LogP contribution is 2.26. The van der Waals surface area contributed by atoms with Crippen molar-refractivity contribution in [1.82, 2.24) is 9.62 Å². The van der Waals surface area contributed by atoms with Crippen LogP contribution in [-0.2, 0) is 16.6 Å². The Morgan fingerprint density at radius 2 is 2.00 bits per heavy atom. The van der Waals surface area contributed by atoms with Crippen LogP contribution in [-0.4, -0.2) is 32.4 Å². The van der Waals surface area contributed by atoms with E-state index >= 15 is 0 Å². The molecule has 3 rings (SSSR count). The Balaban J connectivity index is 1.59. The minimum Gasteiger partial charge on any atom is -0.297 e. The van der Waals surface area contributed by atoms with Gasteiger partial charge in [-0.2, -0.15) is 0 Å². The van der Waals surface area contributed by atoms with Crippen LogP contribution in [0.1, 0.15) is 12.0 Å². The summed E-state index contributed by atoms with van der Waals surface area (Å²) in [4.78, 5) is 2.27. The lowest BCUT2D eigenvalue weighted by Gasteiger charge is -2.16. The second kappa shape index (κ2) is 6.68. The van der Waals surface area contributed by atoms with E-state index in [0.717, 1.165) is 37.4 Å². The van der Waals surface area contributed by atoms with Crippen LogP contribution in [0.4, 0.5) is 0 Å². The van der Waals surface area contributed by atoms with Gasteiger partial charge in [0.15, 0.2) is 0 Å². The number of likely N-dealkylation sites (tertiary alicyclic amines) is 1. The summed E-state index contributed by atoms with van der Waals surface area (Å²) < 4.78 is 28.1. The fourth-order valence-electron chi connectivity index (χ4n) is 2.63. The van der Waals surface area contributed by atoms with Crippen LogP contribution < -0.4 is 4.72 Å². The number of halogens is 1. The normalized spacial score (nSPS) is 19.6. The first-order valence-electron chi connectivity index (χ1n) is 7.07. The zero-order valence-corrected chi connectivity index (χ0v) is 14.3. The molecule has 0 spiro atoms. The van der Waals surface area contributed by atoms with E-state index in [2.05, 4.69) is 21.8 Å². The molecule has 0 bridgehead atoms. The Labute approximate surface area is 139 Å². The van der Waals surface area contributed by atoms with Gasteiger partial charge in [0.1, 0.15) is 4.21 Å². The minimum atomic E-state index is -3.46. The molecule has 118 valence electrons. The topological polar surface area (TPSA) is 49.4 Å². The molecule has 1 aromatic heterocycles. The predicted octanol–water partition coefficient (Wildman–Crippen LogP) is 2.95. The fourth-order valence-corrected chi connectivity index (χ4v) is 5.39. The monoisotopic (exact) mass is 356 g/mol. The summed E-state index contributed by atoms with van der Waals surface area (Å²) in [6, 6.07) is 13.3. The Hall–Kier alpha value is -0.920. The van der Waals surface area contributed by atoms with E-state index in [9.17, 15) is 8.42 Å². The molecule has 1 aliphatic heterocycles. The number of hydrogen-bond donors (Lipinski definition) is 1. The molecule has 22 heavy (non-hydrogen) atoms. The third kappa shape index (κ3) is 3.88. The van der Waals surface area contributed by atoms with Gasteiger partial charge in [-0.25, -0.2) is 13.1 Å². The number of thiophene rings is 1. The number of rotatable bonds is 5. The molecule has 4 nitrogen and oxygen atoms in total. The average molecular weight is 357 g/mol. The maximum absolute atomic E-state index is 12.3. The summed E-state index contributed by atoms with van der Waals surface area (Å²) in [7, 11) is -3.46. The molecule has 0 aliphatic carbocycles. The van der Waals surface area contributed by atoms with Crippen molar-refractivity contribution in [3.05, 3.63) is 52.4 Å². The molecule has 1 aromatic carbocycles. The zero-order chi connectivity index (χ0) is 15.6. The molecule has 1 unspecified atom stereocenters. The van der Waals surface area contributed by atoms with Gasteiger partial charge in [-0.1, -0.05) is 41.9 Å². The van der Waals surface area contributed by atoms with Crippen LogP contribution >= 0.6 is 22.9 Å². The van der Waals surface area contributed by atoms with Crippen molar-refractivity contribution in [3.8, 4) is 0 Å². The molecule has 1 fully saturated rings. The quantitative estimate of drug-likeness (QED) is 0.896. The minimum absolute atomic E-state index is 0.0467. The highest BCUT2D eigenvalue weighted by molar-refractivity contribution is 7.91. The van der Waals surface area contributed by atoms with Crippen molar-refractivity contribution < 1.29 is 8.42 Å². The Kier molecular flexibility index (Phi) is 4.84. The standard InChI is InChI=1S/C15H17ClN2O2S2/c16-14-6-7-15(21-14)22(19,20)17-13-8-9-18(11-13)10-12-4-2-1-3-5-12/h1-7,13,17H,8-11H2. The van der Waals surface area contributed by atoms with Crippen molar-refractivity contribution in [1.29, 1.82) is 0 Å². The van der Waals surface area contributed by atoms with Crippen LogP contribution in [0, 0.1) is 0 Å². The Bertz CT molecular complexity index is 731. The lowest BCUT2D eigenvalue weighted by atomic mass is 10.2. The highest BCUT2D eigenvalue weighted by atomic mass is 35.5. The maximum Gasteiger partial charge on any atom is 0.250 e. The lowest BCUT2D eigenvalue weighted by molar-refractivity contribution is 0.324. The van der Waals surface area contributed by atoms with Gasteiger partial charge in [-0.3, -0.25) is 4.90 Å². The first kappa shape index (κ1) is 16.0. The van der Waals surface area contributed by atoms with Gasteiger partial charge >= 0.3 is 0 Å². The summed E-state index contributed by atoms with van der Waals surface area (Å²) >= 11 is 6.90. The summed E-state index contributed by atoms with van der Waals surface area (Å²) in [5.74, 6) is 0. The lowest BCUT2D eigenvalue weighted by Crippen LogP contribution is -2.36. The van der Waals surface area contributed by atoms with Crippen LogP contribution in [0.25, 0.3) is 0 Å². The predicted molar refractivity (Wildman–Crippen MR) is 89.8 cm³/mol. The van der Waals surface area contributed by atoms with Gasteiger partial charge in [0.05, 0.1) is 4.34 Å². The third-order valence-electron chi connectivity index (χ3n) is 3.66. The summed E-state index contributed by atoms with van der Waals surface area (Å²) in [5.41, 5.74) is 1.25. The van der Waals surface area contributed by atoms with E-state index in [-0.39, 0.29) is 10.3 Å². The third-order valence-corrected chi connectivity index (χ3v) is 6.90. The average Bonchev–Trinajstić information content (AvgIpc) is 3.09. The van der Waals surface area contributed by atoms with Crippen LogP contribution in [0.15, 0.2) is 46.7 Å². The van der Waals surface area contributed by atoms with Crippen LogP contribution in [0.5, 0.6) is 0 Å². The molecule has 0 saturated carbocycles. The molecule has 1 atom stereocenters. The summed E-state index contributed by atoms with van der Waals surface area (Å²) in [6.45, 7) is 2.48. The first-order valence-corrected chi connectivity index (χ1v) is 9.75. The van der Waals surface area contributed by atoms with Gasteiger partial charge in [0.2, 0.25) is 10.0 Å². The molecular weight excluding hydrogens is 340 g/mol. The van der Waals surface area contributed by atoms with E-state index in [1.807, 2.05) is 18.2 Å². The smallest absolute Gasteiger partial charge is 0.250 e. The van der Waals surface area contributed by atoms with Gasteiger partial charge in [0.25, 0.3) is 0 Å². The maximum atomic E-state index is 12.3. The number of sulfonamides is 1. The highest BCUT2D eigenvalue weighted by Gasteiger charge is 2.27. The second-order valence-electron chi connectivity index (χ2n) is 5.39. The van der Waals surface area contributed by atoms with E-state index in [4.69, 9.17) is 11.6 Å². The summed E-state index contributed by atoms with van der Waals surface area (Å²) in [5, 5.41) is 0. The molecule has 2 heterocycles. The van der Waals surface area contributed by atoms with E-state index in [1.165, 1.54) is 5.56 Å². The van der Waals surface area contributed by atoms with Crippen LogP contribution in [0.3, 0.4) is 0 Å². The Morgan fingerprint density at radius 1 is 1.23 bits per heavy atom. The number of benzene rings is 1. The molecule has 1 aliphatic rings. The van der Waals surface area contributed by atoms with Gasteiger partial charge in [0, 0.05) is 25.7 Å². The van der Waals surface area contributed by atoms with E-state index < -0.39 is 10.0 Å². The number of hydrogen-bond acceptors (Lipinski definition) is 4. The zero-order valence-electron chi connectivity index (χ0n) is 11.9. The Morgan fingerprint density at radius 3 is 2.68 bits per heavy atom. The van der Waals surface area contributed by atoms with Crippen molar-refractivity contribution in [3.63, 3.8) is 0 Å². The number of nitrogens with zero attached hydrogens (tertiary/aromatic N) is 1. The molecule has 2 aromatic rings. The van der Waals surface area contributed by atoms with Crippen molar-refractivity contribution >= 4 is 33.0 Å². The van der Waals surface area contributed by atoms with E-state index in [1.54, 1.807) is 12.1 Å². The number of nitrogens with one attached hydrogen (secondary N) is 1. The molecule has 0 radical (unpaired) electrons. The van der Waals surface area contributed by atoms with Gasteiger partial charge in [-0.05, 0) is 24.1 Å². The largest absolute Gasteiger partial charge is 0.297 e. The molecule has 7 heteroatoms. The van der Waals surface area contributed by atoms with Gasteiger partial charge < -0.3 is 0 Å². The molecule has 1 saturated heterocycles. The van der Waals surface area contributed by atoms with Crippen LogP contribution in [0.2, 0.25) is 4.34 Å². The summed E-state index contributed by atoms with van der Waals surface area (Å²) in [6.07, 6.45) is 0.825. The SMILES string of the molecule is O=S(=O)(NC1CCN(Cc2ccccc2)C1)c1ccc(Cl)s1. The molecular formula is C15H17ClN2O2S2. The first-order chi connectivity index (χ1) is 10.5. The molecule has 1 N–H and O–H groups in total. The second-order valence-corrected chi connectivity index (χ2v) is 9.04. The van der Waals surface area contributed by atoms with Crippen molar-refractivity contribution in [2.45, 2.75) is 23.2 Å². The van der Waals surface area contributed by atoms with Crippen molar-refractivity contribution in [2.24, 2.45) is 0 Å². The van der Waals surface area contributed by atoms with E-state index in [0.29, 0.717) is 4.34 Å².